The minimum atomic E-state index is -3.35. The average molecular weight is 507 g/mol. The minimum Gasteiger partial charge on any atom is -0.432 e. The van der Waals surface area contributed by atoms with Crippen LogP contribution in [0.15, 0.2) is 54.6 Å². The zero-order chi connectivity index (χ0) is 26.0. The molecule has 192 valence electrons. The first kappa shape index (κ1) is 26.1. The summed E-state index contributed by atoms with van der Waals surface area (Å²) < 4.78 is 90.7. The summed E-state index contributed by atoms with van der Waals surface area (Å²) in [5.74, 6) is -4.35. The lowest BCUT2D eigenvalue weighted by Crippen LogP contribution is -2.34. The Morgan fingerprint density at radius 3 is 1.89 bits per heavy atom. The van der Waals surface area contributed by atoms with Crippen LogP contribution < -0.4 is 4.74 Å². The first-order valence-corrected chi connectivity index (χ1v) is 12.1. The number of hydrogen-bond acceptors (Lipinski definition) is 1. The number of alkyl halides is 2. The smallest absolute Gasteiger partial charge is 0.400 e. The third kappa shape index (κ3) is 5.88. The quantitative estimate of drug-likeness (QED) is 0.290. The monoisotopic (exact) mass is 506 g/mol. The first-order chi connectivity index (χ1) is 17.0. The van der Waals surface area contributed by atoms with E-state index in [1.165, 1.54) is 31.2 Å². The number of ether oxygens (including phenoxy) is 1. The van der Waals surface area contributed by atoms with Crippen molar-refractivity contribution < 1.29 is 31.1 Å². The fourth-order valence-corrected chi connectivity index (χ4v) is 4.84. The largest absolute Gasteiger partial charge is 0.432 e. The summed E-state index contributed by atoms with van der Waals surface area (Å²) in [6.45, 7) is 3.68. The summed E-state index contributed by atoms with van der Waals surface area (Å²) >= 11 is 0. The van der Waals surface area contributed by atoms with Gasteiger partial charge in [-0.2, -0.15) is 8.78 Å². The van der Waals surface area contributed by atoms with Crippen LogP contribution >= 0.6 is 0 Å². The van der Waals surface area contributed by atoms with Gasteiger partial charge in [-0.05, 0) is 71.3 Å². The van der Waals surface area contributed by atoms with Gasteiger partial charge >= 0.3 is 6.11 Å². The van der Waals surface area contributed by atoms with Crippen LogP contribution in [0.25, 0.3) is 22.3 Å². The van der Waals surface area contributed by atoms with Crippen LogP contribution in [0.3, 0.4) is 0 Å². The van der Waals surface area contributed by atoms with Crippen molar-refractivity contribution >= 4 is 0 Å². The van der Waals surface area contributed by atoms with Crippen molar-refractivity contribution in [2.45, 2.75) is 52.1 Å². The molecule has 0 N–H and O–H groups in total. The Kier molecular flexibility index (Phi) is 7.67. The first-order valence-electron chi connectivity index (χ1n) is 12.1. The molecule has 0 unspecified atom stereocenters. The molecule has 1 nitrogen and oxygen atoms in total. The predicted octanol–water partition coefficient (Wildman–Crippen LogP) is 9.40. The topological polar surface area (TPSA) is 9.23 Å². The Morgan fingerprint density at radius 2 is 1.31 bits per heavy atom. The van der Waals surface area contributed by atoms with Gasteiger partial charge in [-0.3, -0.25) is 0 Å². The van der Waals surface area contributed by atoms with Gasteiger partial charge in [0.05, 0.1) is 11.5 Å². The molecule has 0 bridgehead atoms. The van der Waals surface area contributed by atoms with E-state index < -0.39 is 40.9 Å². The number of hydrogen-bond donors (Lipinski definition) is 0. The maximum atomic E-state index is 14.8. The number of rotatable bonds is 7. The van der Waals surface area contributed by atoms with E-state index in [9.17, 15) is 26.3 Å². The Morgan fingerprint density at radius 1 is 0.750 bits per heavy atom. The normalized spacial score (nSPS) is 19.2. The maximum absolute atomic E-state index is 14.8. The molecule has 0 aromatic heterocycles. The summed E-state index contributed by atoms with van der Waals surface area (Å²) in [6, 6.07) is 10.2. The molecule has 1 fully saturated rings. The van der Waals surface area contributed by atoms with E-state index in [-0.39, 0.29) is 22.8 Å². The molecule has 36 heavy (non-hydrogen) atoms. The maximum Gasteiger partial charge on any atom is 0.400 e. The third-order valence-electron chi connectivity index (χ3n) is 7.09. The van der Waals surface area contributed by atoms with Gasteiger partial charge in [-0.25, -0.2) is 17.6 Å². The van der Waals surface area contributed by atoms with Crippen molar-refractivity contribution in [1.82, 2.24) is 0 Å². The summed E-state index contributed by atoms with van der Waals surface area (Å²) in [4.78, 5) is 0. The zero-order valence-corrected chi connectivity index (χ0v) is 20.1. The zero-order valence-electron chi connectivity index (χ0n) is 20.1. The lowest BCUT2D eigenvalue weighted by molar-refractivity contribution is -0.215. The molecule has 7 heteroatoms. The molecule has 0 heterocycles. The highest BCUT2D eigenvalue weighted by Crippen LogP contribution is 2.39. The summed E-state index contributed by atoms with van der Waals surface area (Å²) in [6.07, 6.45) is 1.08. The number of benzene rings is 3. The molecule has 1 aliphatic carbocycles. The van der Waals surface area contributed by atoms with E-state index >= 15 is 0 Å². The highest BCUT2D eigenvalue weighted by Gasteiger charge is 2.40. The predicted molar refractivity (Wildman–Crippen MR) is 128 cm³/mol. The van der Waals surface area contributed by atoms with Crippen molar-refractivity contribution in [1.29, 1.82) is 0 Å². The Hall–Kier alpha value is -2.96. The standard InChI is InChI=1S/C29H28F6O/c1-17-3-5-19(6-4-17)13-18(2)29(34,35)36-23-10-7-20(8-11-23)22-15-26(32)28(27(33)16-22)21-9-12-24(30)25(31)14-21/h7-12,14-19H,3-6,13H2,1-2H3/t17?,18-,19?/m1/s1. The SMILES string of the molecule is CC1CCC(C[C@@H](C)C(F)(F)Oc2ccc(-c3cc(F)c(-c4ccc(F)c(F)c4)c(F)c3)cc2)CC1. The molecule has 0 amide bonds. The molecule has 0 saturated heterocycles. The van der Waals surface area contributed by atoms with Crippen molar-refractivity contribution in [2.75, 3.05) is 0 Å². The van der Waals surface area contributed by atoms with E-state index in [2.05, 4.69) is 6.92 Å². The van der Waals surface area contributed by atoms with Crippen molar-refractivity contribution in [3.05, 3.63) is 77.9 Å². The fraction of sp³-hybridized carbons (Fsp3) is 0.379. The summed E-state index contributed by atoms with van der Waals surface area (Å²) in [7, 11) is 0. The van der Waals surface area contributed by atoms with Crippen LogP contribution in [-0.2, 0) is 0 Å². The molecule has 1 saturated carbocycles. The fourth-order valence-electron chi connectivity index (χ4n) is 4.84. The molecular weight excluding hydrogens is 478 g/mol. The van der Waals surface area contributed by atoms with Gasteiger partial charge < -0.3 is 4.74 Å². The number of halogens is 6. The van der Waals surface area contributed by atoms with E-state index in [0.717, 1.165) is 56.0 Å². The molecule has 3 aromatic carbocycles. The lowest BCUT2D eigenvalue weighted by atomic mass is 9.79. The van der Waals surface area contributed by atoms with Crippen molar-refractivity contribution in [2.24, 2.45) is 17.8 Å². The molecule has 0 radical (unpaired) electrons. The molecule has 1 aliphatic rings. The van der Waals surface area contributed by atoms with Crippen LogP contribution in [0.1, 0.15) is 46.0 Å². The van der Waals surface area contributed by atoms with E-state index in [1.807, 2.05) is 0 Å². The second-order valence-electron chi connectivity index (χ2n) is 9.89. The van der Waals surface area contributed by atoms with Crippen LogP contribution in [0.2, 0.25) is 0 Å². The van der Waals surface area contributed by atoms with Gasteiger partial charge in [0.2, 0.25) is 0 Å². The highest BCUT2D eigenvalue weighted by atomic mass is 19.3. The highest BCUT2D eigenvalue weighted by molar-refractivity contribution is 5.72. The van der Waals surface area contributed by atoms with Gasteiger partial charge in [0.25, 0.3) is 0 Å². The third-order valence-corrected chi connectivity index (χ3v) is 7.09. The van der Waals surface area contributed by atoms with Gasteiger partial charge in [0.1, 0.15) is 17.4 Å². The summed E-state index contributed by atoms with van der Waals surface area (Å²) in [5.41, 5.74) is -0.0869. The molecule has 0 spiro atoms. The second-order valence-corrected chi connectivity index (χ2v) is 9.89. The van der Waals surface area contributed by atoms with Crippen LogP contribution in [0.5, 0.6) is 5.75 Å². The molecule has 4 rings (SSSR count). The second kappa shape index (κ2) is 10.6. The minimum absolute atomic E-state index is 0.0489. The molecule has 3 aromatic rings. The van der Waals surface area contributed by atoms with Gasteiger partial charge in [0.15, 0.2) is 11.6 Å². The van der Waals surface area contributed by atoms with Crippen LogP contribution in [0, 0.1) is 41.0 Å². The van der Waals surface area contributed by atoms with E-state index in [0.29, 0.717) is 17.9 Å². The van der Waals surface area contributed by atoms with Crippen LogP contribution in [-0.4, -0.2) is 6.11 Å². The van der Waals surface area contributed by atoms with Crippen molar-refractivity contribution in [3.63, 3.8) is 0 Å². The molecule has 1 atom stereocenters. The molecular formula is C29H28F6O. The van der Waals surface area contributed by atoms with Crippen molar-refractivity contribution in [3.8, 4) is 28.0 Å². The Balaban J connectivity index is 1.46. The van der Waals surface area contributed by atoms with Gasteiger partial charge in [0, 0.05) is 0 Å². The van der Waals surface area contributed by atoms with Gasteiger partial charge in [-0.1, -0.05) is 57.7 Å². The molecule has 0 aliphatic heterocycles. The summed E-state index contributed by atoms with van der Waals surface area (Å²) in [5, 5.41) is 0. The Labute approximate surface area is 207 Å². The van der Waals surface area contributed by atoms with Gasteiger partial charge in [-0.15, -0.1) is 0 Å². The van der Waals surface area contributed by atoms with E-state index in [4.69, 9.17) is 4.74 Å². The van der Waals surface area contributed by atoms with Crippen LogP contribution in [0.4, 0.5) is 26.3 Å². The Bertz CT molecular complexity index is 1180. The lowest BCUT2D eigenvalue weighted by Gasteiger charge is -2.31. The van der Waals surface area contributed by atoms with E-state index in [1.54, 1.807) is 0 Å². The average Bonchev–Trinajstić information content (AvgIpc) is 2.82.